The topological polar surface area (TPSA) is 101 Å². The largest absolute Gasteiger partial charge is 0.481 e. The first kappa shape index (κ1) is 14.0. The number of rotatable bonds is 5. The lowest BCUT2D eigenvalue weighted by atomic mass is 10.1. The molecule has 0 unspecified atom stereocenters. The Kier molecular flexibility index (Phi) is 4.27. The monoisotopic (exact) mass is 272 g/mol. The number of hydrogen-bond donors (Lipinski definition) is 3. The van der Waals surface area contributed by atoms with Gasteiger partial charge in [-0.3, -0.25) is 4.79 Å². The number of aryl methyl sites for hydroxylation is 1. The summed E-state index contributed by atoms with van der Waals surface area (Å²) in [5.74, 6) is -0.499. The van der Waals surface area contributed by atoms with E-state index in [4.69, 9.17) is 10.8 Å². The number of carboxylic acid groups (broad SMARTS) is 1. The minimum atomic E-state index is -0.945. The number of hydrogen-bond acceptors (Lipinski definition) is 5. The third kappa shape index (κ3) is 3.76. The predicted octanol–water partition coefficient (Wildman–Crippen LogP) is 2.00. The minimum Gasteiger partial charge on any atom is -0.481 e. The zero-order valence-corrected chi connectivity index (χ0v) is 11.1. The molecular weight excluding hydrogens is 256 g/mol. The highest BCUT2D eigenvalue weighted by atomic mass is 16.4. The summed E-state index contributed by atoms with van der Waals surface area (Å²) in [5.41, 5.74) is 8.37. The van der Waals surface area contributed by atoms with E-state index in [1.165, 1.54) is 0 Å². The van der Waals surface area contributed by atoms with Gasteiger partial charge >= 0.3 is 5.97 Å². The quantitative estimate of drug-likeness (QED) is 0.769. The molecule has 0 saturated carbocycles. The molecule has 0 spiro atoms. The van der Waals surface area contributed by atoms with E-state index in [2.05, 4.69) is 15.3 Å². The molecule has 0 aliphatic rings. The van der Waals surface area contributed by atoms with Gasteiger partial charge in [-0.1, -0.05) is 12.1 Å². The molecule has 0 bridgehead atoms. The lowest BCUT2D eigenvalue weighted by Gasteiger charge is -2.10. The summed E-state index contributed by atoms with van der Waals surface area (Å²) in [7, 11) is 0. The summed E-state index contributed by atoms with van der Waals surface area (Å²) >= 11 is 0. The van der Waals surface area contributed by atoms with Crippen molar-refractivity contribution in [1.82, 2.24) is 9.97 Å². The highest BCUT2D eigenvalue weighted by molar-refractivity contribution is 5.67. The molecule has 4 N–H and O–H groups in total. The number of aliphatic carboxylic acids is 1. The van der Waals surface area contributed by atoms with E-state index < -0.39 is 12.0 Å². The van der Waals surface area contributed by atoms with E-state index in [1.54, 1.807) is 12.4 Å². The molecule has 0 saturated heterocycles. The molecule has 0 aliphatic heterocycles. The van der Waals surface area contributed by atoms with Gasteiger partial charge in [0.25, 0.3) is 0 Å². The van der Waals surface area contributed by atoms with Crippen LogP contribution in [0.3, 0.4) is 0 Å². The van der Waals surface area contributed by atoms with Crippen LogP contribution in [0.1, 0.15) is 23.6 Å². The van der Waals surface area contributed by atoms with Crippen molar-refractivity contribution in [3.05, 3.63) is 47.8 Å². The van der Waals surface area contributed by atoms with Crippen molar-refractivity contribution in [3.8, 4) is 0 Å². The molecule has 1 aromatic heterocycles. The zero-order valence-electron chi connectivity index (χ0n) is 11.1. The van der Waals surface area contributed by atoms with E-state index in [1.807, 2.05) is 31.2 Å². The lowest BCUT2D eigenvalue weighted by molar-refractivity contribution is -0.137. The summed E-state index contributed by atoms with van der Waals surface area (Å²) in [5, 5.41) is 11.8. The van der Waals surface area contributed by atoms with Crippen LogP contribution in [-0.4, -0.2) is 21.0 Å². The average molecular weight is 272 g/mol. The number of carboxylic acids is 1. The molecule has 20 heavy (non-hydrogen) atoms. The van der Waals surface area contributed by atoms with Crippen LogP contribution in [0.4, 0.5) is 11.6 Å². The number of nitrogens with two attached hydrogens (primary N) is 1. The summed E-state index contributed by atoms with van der Waals surface area (Å²) < 4.78 is 0. The van der Waals surface area contributed by atoms with Crippen LogP contribution >= 0.6 is 0 Å². The van der Waals surface area contributed by atoms with Crippen LogP contribution in [0, 0.1) is 6.92 Å². The number of anilines is 2. The van der Waals surface area contributed by atoms with Gasteiger partial charge in [0.1, 0.15) is 0 Å². The molecule has 0 aliphatic carbocycles. The molecule has 104 valence electrons. The highest BCUT2D eigenvalue weighted by Crippen LogP contribution is 2.16. The normalized spacial score (nSPS) is 11.9. The average Bonchev–Trinajstić information content (AvgIpc) is 2.38. The van der Waals surface area contributed by atoms with E-state index in [0.717, 1.165) is 11.3 Å². The molecule has 0 fully saturated rings. The molecule has 2 aromatic rings. The van der Waals surface area contributed by atoms with Crippen molar-refractivity contribution < 1.29 is 9.90 Å². The molecule has 0 amide bonds. The first-order valence-electron chi connectivity index (χ1n) is 6.17. The van der Waals surface area contributed by atoms with Gasteiger partial charge in [0.15, 0.2) is 0 Å². The van der Waals surface area contributed by atoms with Crippen LogP contribution in [0.5, 0.6) is 0 Å². The fourth-order valence-electron chi connectivity index (χ4n) is 1.75. The smallest absolute Gasteiger partial charge is 0.305 e. The Balaban J connectivity index is 2.06. The highest BCUT2D eigenvalue weighted by Gasteiger charge is 2.11. The Morgan fingerprint density at radius 2 is 2.10 bits per heavy atom. The summed E-state index contributed by atoms with van der Waals surface area (Å²) in [6, 6.07) is 7.24. The van der Waals surface area contributed by atoms with Crippen molar-refractivity contribution in [2.24, 2.45) is 5.73 Å². The van der Waals surface area contributed by atoms with Crippen molar-refractivity contribution >= 4 is 17.6 Å². The second-order valence-electron chi connectivity index (χ2n) is 4.54. The Bertz CT molecular complexity index is 598. The van der Waals surface area contributed by atoms with Crippen LogP contribution < -0.4 is 11.1 Å². The van der Waals surface area contributed by atoms with Gasteiger partial charge in [-0.05, 0) is 24.6 Å². The third-order valence-corrected chi connectivity index (χ3v) is 2.77. The Morgan fingerprint density at radius 3 is 2.70 bits per heavy atom. The van der Waals surface area contributed by atoms with Gasteiger partial charge in [-0.15, -0.1) is 0 Å². The number of nitrogens with zero attached hydrogens (tertiary/aromatic N) is 2. The maximum atomic E-state index is 10.6. The Morgan fingerprint density at radius 1 is 1.40 bits per heavy atom. The predicted molar refractivity (Wildman–Crippen MR) is 75.7 cm³/mol. The first-order chi connectivity index (χ1) is 9.54. The number of nitrogens with one attached hydrogen (secondary N) is 1. The molecule has 6 heteroatoms. The number of benzene rings is 1. The van der Waals surface area contributed by atoms with Gasteiger partial charge in [0.2, 0.25) is 5.95 Å². The molecule has 0 radical (unpaired) electrons. The second-order valence-corrected chi connectivity index (χ2v) is 4.54. The fourth-order valence-corrected chi connectivity index (χ4v) is 1.75. The Hall–Kier alpha value is -2.47. The van der Waals surface area contributed by atoms with Crippen LogP contribution in [0.25, 0.3) is 0 Å². The standard InChI is InChI=1S/C14H16N4O2/c1-9-3-2-4-11(5-9)18-14-16-7-10(8-17-14)12(15)6-13(19)20/h2-5,7-8,12H,6,15H2,1H3,(H,19,20)(H,16,17,18)/t12-/m1/s1. The molecule has 1 aromatic carbocycles. The number of aromatic nitrogens is 2. The molecule has 1 heterocycles. The maximum Gasteiger partial charge on any atom is 0.305 e. The van der Waals surface area contributed by atoms with Gasteiger partial charge in [0, 0.05) is 29.7 Å². The summed E-state index contributed by atoms with van der Waals surface area (Å²) in [6.45, 7) is 2.00. The van der Waals surface area contributed by atoms with Gasteiger partial charge in [-0.25, -0.2) is 9.97 Å². The van der Waals surface area contributed by atoms with Crippen LogP contribution in [-0.2, 0) is 4.79 Å². The van der Waals surface area contributed by atoms with E-state index in [-0.39, 0.29) is 6.42 Å². The van der Waals surface area contributed by atoms with E-state index >= 15 is 0 Å². The summed E-state index contributed by atoms with van der Waals surface area (Å²) in [4.78, 5) is 18.9. The fraction of sp³-hybridized carbons (Fsp3) is 0.214. The third-order valence-electron chi connectivity index (χ3n) is 2.77. The maximum absolute atomic E-state index is 10.6. The lowest BCUT2D eigenvalue weighted by Crippen LogP contribution is -2.15. The van der Waals surface area contributed by atoms with Crippen molar-refractivity contribution in [1.29, 1.82) is 0 Å². The molecular formula is C14H16N4O2. The zero-order chi connectivity index (χ0) is 14.5. The van der Waals surface area contributed by atoms with Gasteiger partial charge in [0.05, 0.1) is 6.42 Å². The van der Waals surface area contributed by atoms with E-state index in [9.17, 15) is 4.79 Å². The molecule has 1 atom stereocenters. The van der Waals surface area contributed by atoms with Gasteiger partial charge in [-0.2, -0.15) is 0 Å². The first-order valence-corrected chi connectivity index (χ1v) is 6.17. The van der Waals surface area contributed by atoms with Crippen molar-refractivity contribution in [3.63, 3.8) is 0 Å². The summed E-state index contributed by atoms with van der Waals surface area (Å²) in [6.07, 6.45) is 2.94. The Labute approximate surface area is 116 Å². The number of carbonyl (C=O) groups is 1. The van der Waals surface area contributed by atoms with Crippen LogP contribution in [0.15, 0.2) is 36.7 Å². The van der Waals surface area contributed by atoms with Crippen molar-refractivity contribution in [2.45, 2.75) is 19.4 Å². The van der Waals surface area contributed by atoms with Gasteiger partial charge < -0.3 is 16.2 Å². The molecule has 2 rings (SSSR count). The SMILES string of the molecule is Cc1cccc(Nc2ncc([C@H](N)CC(=O)O)cn2)c1. The second kappa shape index (κ2) is 6.12. The van der Waals surface area contributed by atoms with Crippen LogP contribution in [0.2, 0.25) is 0 Å². The minimum absolute atomic E-state index is 0.145. The van der Waals surface area contributed by atoms with Crippen molar-refractivity contribution in [2.75, 3.05) is 5.32 Å². The molecule has 6 nitrogen and oxygen atoms in total. The van der Waals surface area contributed by atoms with E-state index in [0.29, 0.717) is 11.5 Å².